The molecule has 18 heavy (non-hydrogen) atoms. The van der Waals surface area contributed by atoms with Gasteiger partial charge in [-0.05, 0) is 19.1 Å². The Labute approximate surface area is 104 Å². The molecule has 0 unspecified atom stereocenters. The summed E-state index contributed by atoms with van der Waals surface area (Å²) >= 11 is 0. The Morgan fingerprint density at radius 3 is 2.89 bits per heavy atom. The van der Waals surface area contributed by atoms with Gasteiger partial charge in [-0.25, -0.2) is 4.98 Å². The monoisotopic (exact) mass is 250 g/mol. The Kier molecular flexibility index (Phi) is 3.29. The van der Waals surface area contributed by atoms with Gasteiger partial charge in [-0.3, -0.25) is 4.68 Å². The standard InChI is InChI=1S/C12H15FN4O/c1-12(18,9-6-15-17(2)7-9)8-14-11-5-3-4-10(13)16-11/h3-7,18H,8H2,1-2H3,(H,14,16)/t12-/m0/s1. The summed E-state index contributed by atoms with van der Waals surface area (Å²) in [5, 5.41) is 17.2. The zero-order chi connectivity index (χ0) is 13.2. The minimum Gasteiger partial charge on any atom is -0.383 e. The van der Waals surface area contributed by atoms with Gasteiger partial charge >= 0.3 is 0 Å². The fourth-order valence-electron chi connectivity index (χ4n) is 1.57. The smallest absolute Gasteiger partial charge is 0.214 e. The highest BCUT2D eigenvalue weighted by molar-refractivity contribution is 5.34. The van der Waals surface area contributed by atoms with Gasteiger partial charge in [-0.15, -0.1) is 0 Å². The molecule has 0 fully saturated rings. The van der Waals surface area contributed by atoms with Crippen molar-refractivity contribution in [2.45, 2.75) is 12.5 Å². The van der Waals surface area contributed by atoms with E-state index in [4.69, 9.17) is 0 Å². The third-order valence-corrected chi connectivity index (χ3v) is 2.66. The van der Waals surface area contributed by atoms with Crippen molar-refractivity contribution in [2.75, 3.05) is 11.9 Å². The van der Waals surface area contributed by atoms with E-state index in [0.29, 0.717) is 11.4 Å². The van der Waals surface area contributed by atoms with Crippen molar-refractivity contribution >= 4 is 5.82 Å². The lowest BCUT2D eigenvalue weighted by molar-refractivity contribution is 0.0713. The van der Waals surface area contributed by atoms with E-state index in [2.05, 4.69) is 15.4 Å². The molecule has 0 bridgehead atoms. The minimum absolute atomic E-state index is 0.217. The van der Waals surface area contributed by atoms with Gasteiger partial charge in [0, 0.05) is 25.4 Å². The van der Waals surface area contributed by atoms with Crippen LogP contribution in [0.4, 0.5) is 10.2 Å². The lowest BCUT2D eigenvalue weighted by Gasteiger charge is -2.22. The number of anilines is 1. The molecule has 5 nitrogen and oxygen atoms in total. The van der Waals surface area contributed by atoms with Crippen molar-refractivity contribution < 1.29 is 9.50 Å². The van der Waals surface area contributed by atoms with E-state index in [1.165, 1.54) is 6.07 Å². The number of aryl methyl sites for hydroxylation is 1. The van der Waals surface area contributed by atoms with Crippen LogP contribution in [0.25, 0.3) is 0 Å². The number of aromatic nitrogens is 3. The van der Waals surface area contributed by atoms with Gasteiger partial charge in [0.1, 0.15) is 11.4 Å². The number of aliphatic hydroxyl groups is 1. The third kappa shape index (κ3) is 2.84. The topological polar surface area (TPSA) is 63.0 Å². The summed E-state index contributed by atoms with van der Waals surface area (Å²) in [6.07, 6.45) is 3.33. The summed E-state index contributed by atoms with van der Waals surface area (Å²) in [6.45, 7) is 1.88. The molecule has 2 aromatic heterocycles. The Morgan fingerprint density at radius 1 is 1.50 bits per heavy atom. The fourth-order valence-corrected chi connectivity index (χ4v) is 1.57. The molecule has 0 radical (unpaired) electrons. The summed E-state index contributed by atoms with van der Waals surface area (Å²) < 4.78 is 14.5. The molecule has 2 aromatic rings. The maximum atomic E-state index is 12.9. The van der Waals surface area contributed by atoms with Crippen LogP contribution >= 0.6 is 0 Å². The van der Waals surface area contributed by atoms with Crippen LogP contribution in [0.2, 0.25) is 0 Å². The third-order valence-electron chi connectivity index (χ3n) is 2.66. The Hall–Kier alpha value is -1.95. The zero-order valence-electron chi connectivity index (χ0n) is 10.3. The van der Waals surface area contributed by atoms with Gasteiger partial charge in [0.15, 0.2) is 0 Å². The molecular weight excluding hydrogens is 235 g/mol. The number of nitrogens with one attached hydrogen (secondary N) is 1. The Bertz CT molecular complexity index is 538. The molecule has 6 heteroatoms. The highest BCUT2D eigenvalue weighted by Gasteiger charge is 2.24. The van der Waals surface area contributed by atoms with Crippen LogP contribution in [-0.2, 0) is 12.6 Å². The average molecular weight is 250 g/mol. The number of hydrogen-bond acceptors (Lipinski definition) is 4. The van der Waals surface area contributed by atoms with Gasteiger partial charge in [-0.2, -0.15) is 9.49 Å². The largest absolute Gasteiger partial charge is 0.383 e. The molecule has 0 aliphatic rings. The van der Waals surface area contributed by atoms with Gasteiger partial charge in [0.05, 0.1) is 6.20 Å². The highest BCUT2D eigenvalue weighted by Crippen LogP contribution is 2.20. The summed E-state index contributed by atoms with van der Waals surface area (Å²) in [4.78, 5) is 3.67. The molecule has 0 saturated carbocycles. The quantitative estimate of drug-likeness (QED) is 0.802. The summed E-state index contributed by atoms with van der Waals surface area (Å²) in [7, 11) is 1.78. The van der Waals surface area contributed by atoms with Gasteiger partial charge in [0.2, 0.25) is 5.95 Å². The van der Waals surface area contributed by atoms with Gasteiger partial charge in [-0.1, -0.05) is 6.07 Å². The average Bonchev–Trinajstić information content (AvgIpc) is 2.74. The first-order valence-corrected chi connectivity index (χ1v) is 5.55. The summed E-state index contributed by atoms with van der Waals surface area (Å²) in [5.74, 6) is -0.166. The molecule has 0 spiro atoms. The molecule has 0 aromatic carbocycles. The Morgan fingerprint density at radius 2 is 2.28 bits per heavy atom. The molecule has 96 valence electrons. The van der Waals surface area contributed by atoms with Crippen molar-refractivity contribution in [3.63, 3.8) is 0 Å². The predicted octanol–water partition coefficient (Wildman–Crippen LogP) is 1.27. The maximum absolute atomic E-state index is 12.9. The Balaban J connectivity index is 2.05. The van der Waals surface area contributed by atoms with E-state index in [9.17, 15) is 9.50 Å². The summed E-state index contributed by atoms with van der Waals surface area (Å²) in [5.41, 5.74) is -0.406. The van der Waals surface area contributed by atoms with Crippen LogP contribution < -0.4 is 5.32 Å². The van der Waals surface area contributed by atoms with E-state index in [1.54, 1.807) is 43.2 Å². The molecule has 0 amide bonds. The first kappa shape index (κ1) is 12.5. The second kappa shape index (κ2) is 4.73. The number of hydrogen-bond donors (Lipinski definition) is 2. The van der Waals surface area contributed by atoms with E-state index >= 15 is 0 Å². The van der Waals surface area contributed by atoms with Crippen molar-refractivity contribution in [1.29, 1.82) is 0 Å². The number of pyridine rings is 1. The second-order valence-electron chi connectivity index (χ2n) is 4.38. The van der Waals surface area contributed by atoms with Crippen LogP contribution in [-0.4, -0.2) is 26.4 Å². The molecule has 2 heterocycles. The van der Waals surface area contributed by atoms with Crippen molar-refractivity contribution in [1.82, 2.24) is 14.8 Å². The maximum Gasteiger partial charge on any atom is 0.214 e. The van der Waals surface area contributed by atoms with Crippen molar-refractivity contribution in [3.8, 4) is 0 Å². The predicted molar refractivity (Wildman–Crippen MR) is 65.5 cm³/mol. The second-order valence-corrected chi connectivity index (χ2v) is 4.38. The molecule has 0 aliphatic heterocycles. The molecule has 2 N–H and O–H groups in total. The fraction of sp³-hybridized carbons (Fsp3) is 0.333. The van der Waals surface area contributed by atoms with Crippen LogP contribution in [0.3, 0.4) is 0 Å². The van der Waals surface area contributed by atoms with Gasteiger partial charge in [0.25, 0.3) is 0 Å². The van der Waals surface area contributed by atoms with Crippen LogP contribution in [0.5, 0.6) is 0 Å². The van der Waals surface area contributed by atoms with E-state index in [0.717, 1.165) is 0 Å². The number of halogens is 1. The zero-order valence-corrected chi connectivity index (χ0v) is 10.3. The lowest BCUT2D eigenvalue weighted by atomic mass is 10.00. The lowest BCUT2D eigenvalue weighted by Crippen LogP contribution is -2.30. The van der Waals surface area contributed by atoms with Crippen LogP contribution in [0.15, 0.2) is 30.6 Å². The van der Waals surface area contributed by atoms with Crippen LogP contribution in [0, 0.1) is 5.95 Å². The first-order valence-electron chi connectivity index (χ1n) is 5.55. The summed E-state index contributed by atoms with van der Waals surface area (Å²) in [6, 6.07) is 4.47. The van der Waals surface area contributed by atoms with Crippen LogP contribution in [0.1, 0.15) is 12.5 Å². The van der Waals surface area contributed by atoms with Crippen molar-refractivity contribution in [3.05, 3.63) is 42.1 Å². The molecule has 0 saturated heterocycles. The number of rotatable bonds is 4. The van der Waals surface area contributed by atoms with E-state index < -0.39 is 11.5 Å². The van der Waals surface area contributed by atoms with Crippen molar-refractivity contribution in [2.24, 2.45) is 7.05 Å². The number of nitrogens with zero attached hydrogens (tertiary/aromatic N) is 3. The SMILES string of the molecule is Cn1cc([C@@](C)(O)CNc2cccc(F)n2)cn1. The van der Waals surface area contributed by atoms with Gasteiger partial charge < -0.3 is 10.4 Å². The molecular formula is C12H15FN4O. The molecule has 0 aliphatic carbocycles. The van der Waals surface area contributed by atoms with E-state index in [-0.39, 0.29) is 6.54 Å². The van der Waals surface area contributed by atoms with E-state index in [1.807, 2.05) is 0 Å². The normalized spacial score (nSPS) is 14.2. The molecule has 1 atom stereocenters. The highest BCUT2D eigenvalue weighted by atomic mass is 19.1. The first-order chi connectivity index (χ1) is 8.47. The molecule has 2 rings (SSSR count). The minimum atomic E-state index is -1.09.